The lowest BCUT2D eigenvalue weighted by molar-refractivity contribution is 0.422. The molecule has 4 nitrogen and oxygen atoms in total. The molecule has 21 heavy (non-hydrogen) atoms. The van der Waals surface area contributed by atoms with Crippen molar-refractivity contribution in [1.82, 2.24) is 10.1 Å². The van der Waals surface area contributed by atoms with Gasteiger partial charge in [-0.25, -0.2) is 0 Å². The minimum absolute atomic E-state index is 0.223. The van der Waals surface area contributed by atoms with Gasteiger partial charge in [0.2, 0.25) is 0 Å². The summed E-state index contributed by atoms with van der Waals surface area (Å²) in [5, 5.41) is 5.64. The summed E-state index contributed by atoms with van der Waals surface area (Å²) in [6.45, 7) is 2.18. The monoisotopic (exact) mass is 361 g/mol. The second-order valence-electron chi connectivity index (χ2n) is 4.64. The number of hydrogen-bond acceptors (Lipinski definition) is 6. The first kappa shape index (κ1) is 15.3. The van der Waals surface area contributed by atoms with E-state index in [1.165, 1.54) is 0 Å². The van der Waals surface area contributed by atoms with Gasteiger partial charge in [-0.15, -0.1) is 11.8 Å². The molecule has 1 aromatic heterocycles. The Kier molecular flexibility index (Phi) is 4.59. The number of nitrogen functional groups attached to an aromatic ring is 1. The van der Waals surface area contributed by atoms with Crippen LogP contribution in [0.1, 0.15) is 18.0 Å². The van der Waals surface area contributed by atoms with Gasteiger partial charge in [-0.05, 0) is 12.1 Å². The Labute approximate surface area is 141 Å². The highest BCUT2D eigenvalue weighted by Crippen LogP contribution is 2.43. The molecule has 1 aromatic carbocycles. The largest absolute Gasteiger partial charge is 0.397 e. The van der Waals surface area contributed by atoms with E-state index >= 15 is 0 Å². The number of nitrogens with zero attached hydrogens (tertiary/aromatic N) is 2. The van der Waals surface area contributed by atoms with Crippen LogP contribution in [-0.2, 0) is 0 Å². The third-order valence-electron chi connectivity index (χ3n) is 3.24. The van der Waals surface area contributed by atoms with Crippen molar-refractivity contribution < 1.29 is 4.52 Å². The summed E-state index contributed by atoms with van der Waals surface area (Å²) in [7, 11) is 0. The van der Waals surface area contributed by atoms with E-state index < -0.39 is 0 Å². The van der Waals surface area contributed by atoms with Crippen LogP contribution in [0.25, 0.3) is 11.5 Å². The first-order valence-corrected chi connectivity index (χ1v) is 9.24. The third kappa shape index (κ3) is 2.99. The number of nitrogens with two attached hydrogens (primary N) is 1. The van der Waals surface area contributed by atoms with Crippen molar-refractivity contribution in [3.63, 3.8) is 0 Å². The van der Waals surface area contributed by atoms with Crippen LogP contribution in [-0.4, -0.2) is 26.9 Å². The van der Waals surface area contributed by atoms with Gasteiger partial charge < -0.3 is 10.3 Å². The maximum absolute atomic E-state index is 6.18. The standard InChI is InChI=1S/C13H13Cl2N3OS2/c1-6-11(21-5-4-20-6)12-17-13(19-18-12)9-7(14)2-3-8(15)10(9)16/h2-3,6,11H,4-5,16H2,1H3. The van der Waals surface area contributed by atoms with Crippen LogP contribution in [0.15, 0.2) is 16.7 Å². The molecular weight excluding hydrogens is 349 g/mol. The van der Waals surface area contributed by atoms with Gasteiger partial charge >= 0.3 is 0 Å². The fourth-order valence-corrected chi connectivity index (χ4v) is 5.24. The fourth-order valence-electron chi connectivity index (χ4n) is 2.15. The Morgan fingerprint density at radius 3 is 2.71 bits per heavy atom. The van der Waals surface area contributed by atoms with Crippen LogP contribution in [0.2, 0.25) is 10.0 Å². The van der Waals surface area contributed by atoms with Gasteiger partial charge in [-0.3, -0.25) is 0 Å². The first-order valence-electron chi connectivity index (χ1n) is 6.38. The summed E-state index contributed by atoms with van der Waals surface area (Å²) in [5.41, 5.74) is 6.84. The Bertz CT molecular complexity index is 665. The minimum Gasteiger partial charge on any atom is -0.397 e. The first-order chi connectivity index (χ1) is 10.1. The van der Waals surface area contributed by atoms with Crippen molar-refractivity contribution in [2.24, 2.45) is 0 Å². The normalized spacial score (nSPS) is 22.4. The number of benzene rings is 1. The zero-order valence-corrected chi connectivity index (χ0v) is 14.3. The number of anilines is 1. The summed E-state index contributed by atoms with van der Waals surface area (Å²) in [6.07, 6.45) is 0. The van der Waals surface area contributed by atoms with Crippen molar-refractivity contribution in [3.8, 4) is 11.5 Å². The fraction of sp³-hybridized carbons (Fsp3) is 0.385. The summed E-state index contributed by atoms with van der Waals surface area (Å²) in [4.78, 5) is 4.48. The molecule has 1 saturated heterocycles. The number of halogens is 2. The molecule has 1 aliphatic heterocycles. The van der Waals surface area contributed by atoms with E-state index in [0.717, 1.165) is 11.5 Å². The lowest BCUT2D eigenvalue weighted by atomic mass is 10.2. The predicted molar refractivity (Wildman–Crippen MR) is 91.3 cm³/mol. The van der Waals surface area contributed by atoms with Gasteiger partial charge in [0.1, 0.15) is 0 Å². The highest BCUT2D eigenvalue weighted by molar-refractivity contribution is 8.06. The van der Waals surface area contributed by atoms with Crippen LogP contribution >= 0.6 is 46.7 Å². The lowest BCUT2D eigenvalue weighted by Crippen LogP contribution is -2.16. The third-order valence-corrected chi connectivity index (χ3v) is 6.97. The molecule has 2 atom stereocenters. The Balaban J connectivity index is 1.97. The van der Waals surface area contributed by atoms with Crippen LogP contribution in [0, 0.1) is 0 Å². The Morgan fingerprint density at radius 2 is 1.95 bits per heavy atom. The van der Waals surface area contributed by atoms with Crippen molar-refractivity contribution in [2.45, 2.75) is 17.4 Å². The van der Waals surface area contributed by atoms with Crippen LogP contribution in [0.4, 0.5) is 5.69 Å². The van der Waals surface area contributed by atoms with Gasteiger partial charge in [-0.1, -0.05) is 35.3 Å². The number of rotatable bonds is 2. The highest BCUT2D eigenvalue weighted by atomic mass is 35.5. The minimum atomic E-state index is 0.223. The van der Waals surface area contributed by atoms with Gasteiger partial charge in [0.15, 0.2) is 5.82 Å². The molecule has 0 radical (unpaired) electrons. The molecule has 0 spiro atoms. The van der Waals surface area contributed by atoms with Crippen LogP contribution in [0.5, 0.6) is 0 Å². The Morgan fingerprint density at radius 1 is 1.24 bits per heavy atom. The van der Waals surface area contributed by atoms with Crippen molar-refractivity contribution in [3.05, 3.63) is 28.0 Å². The molecular formula is C13H13Cl2N3OS2. The molecule has 112 valence electrons. The van der Waals surface area contributed by atoms with Crippen molar-refractivity contribution in [1.29, 1.82) is 0 Å². The topological polar surface area (TPSA) is 64.9 Å². The maximum Gasteiger partial charge on any atom is 0.261 e. The quantitative estimate of drug-likeness (QED) is 0.792. The summed E-state index contributed by atoms with van der Waals surface area (Å²) in [5.74, 6) is 3.24. The molecule has 2 heterocycles. The molecule has 0 amide bonds. The predicted octanol–water partition coefficient (Wildman–Crippen LogP) is 4.54. The van der Waals surface area contributed by atoms with E-state index in [2.05, 4.69) is 17.1 Å². The smallest absolute Gasteiger partial charge is 0.261 e. The van der Waals surface area contributed by atoms with Gasteiger partial charge in [0.05, 0.1) is 26.5 Å². The molecule has 1 aliphatic rings. The molecule has 0 saturated carbocycles. The van der Waals surface area contributed by atoms with Crippen LogP contribution < -0.4 is 5.73 Å². The van der Waals surface area contributed by atoms with E-state index in [1.807, 2.05) is 23.5 Å². The Hall–Kier alpha value is -0.560. The maximum atomic E-state index is 6.18. The van der Waals surface area contributed by atoms with E-state index in [4.69, 9.17) is 33.5 Å². The summed E-state index contributed by atoms with van der Waals surface area (Å²) >= 11 is 16.0. The zero-order valence-electron chi connectivity index (χ0n) is 11.2. The molecule has 2 unspecified atom stereocenters. The SMILES string of the molecule is CC1SCCSC1c1noc(-c2c(Cl)ccc(Cl)c2N)n1. The van der Waals surface area contributed by atoms with Gasteiger partial charge in [0, 0.05) is 16.8 Å². The number of hydrogen-bond donors (Lipinski definition) is 1. The van der Waals surface area contributed by atoms with Crippen LogP contribution in [0.3, 0.4) is 0 Å². The summed E-state index contributed by atoms with van der Waals surface area (Å²) < 4.78 is 5.36. The van der Waals surface area contributed by atoms with E-state index in [-0.39, 0.29) is 5.25 Å². The van der Waals surface area contributed by atoms with Crippen molar-refractivity contribution in [2.75, 3.05) is 17.2 Å². The molecule has 3 rings (SSSR count). The van der Waals surface area contributed by atoms with E-state index in [1.54, 1.807) is 12.1 Å². The van der Waals surface area contributed by atoms with E-state index in [9.17, 15) is 0 Å². The molecule has 8 heteroatoms. The second kappa shape index (κ2) is 6.28. The van der Waals surface area contributed by atoms with E-state index in [0.29, 0.717) is 38.3 Å². The average molecular weight is 362 g/mol. The number of thioether (sulfide) groups is 2. The molecule has 2 aromatic rings. The second-order valence-corrected chi connectivity index (χ2v) is 8.19. The molecule has 1 fully saturated rings. The molecule has 2 N–H and O–H groups in total. The van der Waals surface area contributed by atoms with Crippen molar-refractivity contribution >= 4 is 52.4 Å². The van der Waals surface area contributed by atoms with Gasteiger partial charge in [0.25, 0.3) is 5.89 Å². The lowest BCUT2D eigenvalue weighted by Gasteiger charge is -2.24. The molecule has 0 aliphatic carbocycles. The molecule has 0 bridgehead atoms. The average Bonchev–Trinajstić information content (AvgIpc) is 2.93. The van der Waals surface area contributed by atoms with Gasteiger partial charge in [-0.2, -0.15) is 16.7 Å². The number of aromatic nitrogens is 2. The highest BCUT2D eigenvalue weighted by Gasteiger charge is 2.29. The zero-order chi connectivity index (χ0) is 15.0. The summed E-state index contributed by atoms with van der Waals surface area (Å²) in [6, 6.07) is 3.32.